The Labute approximate surface area is 84.0 Å². The molecule has 5 heteroatoms. The normalized spacial score (nSPS) is 36.7. The van der Waals surface area contributed by atoms with Crippen LogP contribution in [0, 0.1) is 5.41 Å². The molecule has 0 aromatic carbocycles. The Balaban J connectivity index is 2.12. The Hall–Kier alpha value is -0.580. The van der Waals surface area contributed by atoms with Gasteiger partial charge in [0.1, 0.15) is 0 Å². The molecule has 2 aliphatic rings. The van der Waals surface area contributed by atoms with Gasteiger partial charge in [-0.2, -0.15) is 0 Å². The van der Waals surface area contributed by atoms with Crippen molar-refractivity contribution in [1.29, 1.82) is 0 Å². The highest BCUT2D eigenvalue weighted by Gasteiger charge is 2.41. The molecule has 2 saturated heterocycles. The van der Waals surface area contributed by atoms with Gasteiger partial charge in [0.25, 0.3) is 0 Å². The molecule has 80 valence electrons. The van der Waals surface area contributed by atoms with E-state index in [2.05, 4.69) is 5.32 Å². The highest BCUT2D eigenvalue weighted by atomic mass is 32.2. The highest BCUT2D eigenvalue weighted by Crippen LogP contribution is 2.37. The van der Waals surface area contributed by atoms with E-state index in [1.165, 1.54) is 0 Å². The van der Waals surface area contributed by atoms with Gasteiger partial charge in [-0.05, 0) is 19.3 Å². The maximum Gasteiger partial charge on any atom is 0.220 e. The van der Waals surface area contributed by atoms with E-state index >= 15 is 0 Å². The lowest BCUT2D eigenvalue weighted by molar-refractivity contribution is -0.124. The van der Waals surface area contributed by atoms with Crippen molar-refractivity contribution in [3.05, 3.63) is 0 Å². The van der Waals surface area contributed by atoms with Crippen LogP contribution in [0.25, 0.3) is 0 Å². The highest BCUT2D eigenvalue weighted by molar-refractivity contribution is 7.91. The van der Waals surface area contributed by atoms with Crippen molar-refractivity contribution in [1.82, 2.24) is 5.32 Å². The van der Waals surface area contributed by atoms with Crippen molar-refractivity contribution in [2.45, 2.75) is 25.7 Å². The number of nitrogens with one attached hydrogen (secondary N) is 1. The van der Waals surface area contributed by atoms with Gasteiger partial charge in [0, 0.05) is 18.4 Å². The number of sulfone groups is 1. The predicted molar refractivity (Wildman–Crippen MR) is 52.6 cm³/mol. The maximum atomic E-state index is 11.5. The summed E-state index contributed by atoms with van der Waals surface area (Å²) in [5, 5.41) is 2.78. The van der Waals surface area contributed by atoms with Crippen LogP contribution in [-0.4, -0.2) is 32.4 Å². The summed E-state index contributed by atoms with van der Waals surface area (Å²) in [6.45, 7) is 0.547. The third kappa shape index (κ3) is 1.92. The zero-order chi connectivity index (χ0) is 10.2. The second kappa shape index (κ2) is 3.22. The van der Waals surface area contributed by atoms with Crippen LogP contribution < -0.4 is 5.32 Å². The molecule has 1 spiro atoms. The summed E-state index contributed by atoms with van der Waals surface area (Å²) in [5.41, 5.74) is -0.148. The zero-order valence-corrected chi connectivity index (χ0v) is 8.90. The van der Waals surface area contributed by atoms with E-state index in [0.29, 0.717) is 18.7 Å². The van der Waals surface area contributed by atoms with Gasteiger partial charge in [-0.25, -0.2) is 8.42 Å². The van der Waals surface area contributed by atoms with E-state index in [-0.39, 0.29) is 17.1 Å². The van der Waals surface area contributed by atoms with Gasteiger partial charge in [0.05, 0.1) is 11.5 Å². The number of piperidine rings is 1. The van der Waals surface area contributed by atoms with E-state index in [9.17, 15) is 13.2 Å². The fraction of sp³-hybridized carbons (Fsp3) is 0.889. The first kappa shape index (κ1) is 9.96. The Morgan fingerprint density at radius 3 is 2.64 bits per heavy atom. The summed E-state index contributed by atoms with van der Waals surface area (Å²) < 4.78 is 23.0. The third-order valence-corrected chi connectivity index (χ3v) is 5.19. The second-order valence-electron chi connectivity index (χ2n) is 4.47. The number of amides is 1. The van der Waals surface area contributed by atoms with Gasteiger partial charge in [0.2, 0.25) is 5.91 Å². The zero-order valence-electron chi connectivity index (χ0n) is 8.08. The van der Waals surface area contributed by atoms with Crippen molar-refractivity contribution in [3.63, 3.8) is 0 Å². The summed E-state index contributed by atoms with van der Waals surface area (Å²) >= 11 is 0. The third-order valence-electron chi connectivity index (χ3n) is 3.23. The predicted octanol–water partition coefficient (Wildman–Crippen LogP) is 0.0914. The van der Waals surface area contributed by atoms with Crippen LogP contribution in [0.2, 0.25) is 0 Å². The molecule has 1 unspecified atom stereocenters. The largest absolute Gasteiger partial charge is 0.356 e. The molecule has 1 N–H and O–H groups in total. The molecule has 0 radical (unpaired) electrons. The van der Waals surface area contributed by atoms with Crippen LogP contribution in [-0.2, 0) is 14.6 Å². The van der Waals surface area contributed by atoms with Gasteiger partial charge in [0.15, 0.2) is 9.84 Å². The minimum absolute atomic E-state index is 0.0543. The van der Waals surface area contributed by atoms with Crippen molar-refractivity contribution >= 4 is 15.7 Å². The second-order valence-corrected chi connectivity index (χ2v) is 6.66. The first-order chi connectivity index (χ1) is 6.52. The van der Waals surface area contributed by atoms with Crippen molar-refractivity contribution in [2.24, 2.45) is 5.41 Å². The number of carbonyl (C=O) groups is 1. The summed E-state index contributed by atoms with van der Waals surface area (Å²) in [5.74, 6) is 0.641. The van der Waals surface area contributed by atoms with Crippen molar-refractivity contribution in [2.75, 3.05) is 18.1 Å². The molecule has 2 aliphatic heterocycles. The molecule has 0 aliphatic carbocycles. The summed E-state index contributed by atoms with van der Waals surface area (Å²) in [6.07, 6.45) is 2.90. The molecule has 2 heterocycles. The number of hydrogen-bond donors (Lipinski definition) is 1. The Kier molecular flexibility index (Phi) is 2.29. The molecule has 0 saturated carbocycles. The van der Waals surface area contributed by atoms with Gasteiger partial charge in [-0.15, -0.1) is 0 Å². The summed E-state index contributed by atoms with van der Waals surface area (Å²) in [6, 6.07) is 0. The first-order valence-corrected chi connectivity index (χ1v) is 6.81. The van der Waals surface area contributed by atoms with E-state index in [0.717, 1.165) is 19.3 Å². The van der Waals surface area contributed by atoms with Gasteiger partial charge >= 0.3 is 0 Å². The average molecular weight is 217 g/mol. The van der Waals surface area contributed by atoms with Crippen LogP contribution in [0.5, 0.6) is 0 Å². The van der Waals surface area contributed by atoms with E-state index in [4.69, 9.17) is 0 Å². The van der Waals surface area contributed by atoms with Crippen LogP contribution in [0.15, 0.2) is 0 Å². The maximum absolute atomic E-state index is 11.5. The number of hydrogen-bond acceptors (Lipinski definition) is 3. The first-order valence-electron chi connectivity index (χ1n) is 4.99. The molecule has 0 aromatic heterocycles. The minimum atomic E-state index is -2.86. The lowest BCUT2D eigenvalue weighted by Crippen LogP contribution is -2.49. The van der Waals surface area contributed by atoms with Crippen LogP contribution >= 0.6 is 0 Å². The monoisotopic (exact) mass is 217 g/mol. The Morgan fingerprint density at radius 2 is 2.07 bits per heavy atom. The fourth-order valence-corrected chi connectivity index (χ4v) is 4.51. The topological polar surface area (TPSA) is 63.2 Å². The van der Waals surface area contributed by atoms with Gasteiger partial charge in [-0.1, -0.05) is 0 Å². The molecule has 14 heavy (non-hydrogen) atoms. The molecule has 2 rings (SSSR count). The minimum Gasteiger partial charge on any atom is -0.356 e. The fourth-order valence-electron chi connectivity index (χ4n) is 2.46. The van der Waals surface area contributed by atoms with Gasteiger partial charge in [-0.3, -0.25) is 4.79 Å². The molecule has 0 aromatic rings. The SMILES string of the molecule is O=C1CCC2(CCCS(=O)(=O)C2)CN1. The summed E-state index contributed by atoms with van der Waals surface area (Å²) in [4.78, 5) is 11.0. The molecular formula is C9H15NO3S. The summed E-state index contributed by atoms with van der Waals surface area (Å²) in [7, 11) is -2.86. The Morgan fingerprint density at radius 1 is 1.29 bits per heavy atom. The van der Waals surface area contributed by atoms with Crippen LogP contribution in [0.4, 0.5) is 0 Å². The van der Waals surface area contributed by atoms with Crippen LogP contribution in [0.3, 0.4) is 0 Å². The van der Waals surface area contributed by atoms with Crippen LogP contribution in [0.1, 0.15) is 25.7 Å². The number of rotatable bonds is 0. The molecule has 1 atom stereocenters. The van der Waals surface area contributed by atoms with Crippen molar-refractivity contribution in [3.8, 4) is 0 Å². The molecular weight excluding hydrogens is 202 g/mol. The average Bonchev–Trinajstić information content (AvgIpc) is 2.09. The van der Waals surface area contributed by atoms with Crippen molar-refractivity contribution < 1.29 is 13.2 Å². The number of carbonyl (C=O) groups excluding carboxylic acids is 1. The van der Waals surface area contributed by atoms with E-state index < -0.39 is 9.84 Å². The smallest absolute Gasteiger partial charge is 0.220 e. The molecule has 1 amide bonds. The van der Waals surface area contributed by atoms with Gasteiger partial charge < -0.3 is 5.32 Å². The van der Waals surface area contributed by atoms with E-state index in [1.807, 2.05) is 0 Å². The standard InChI is InChI=1S/C9H15NO3S/c11-8-2-4-9(6-10-8)3-1-5-14(12,13)7-9/h1-7H2,(H,10,11). The lowest BCUT2D eigenvalue weighted by atomic mass is 9.78. The Bertz CT molecular complexity index is 337. The lowest BCUT2D eigenvalue weighted by Gasteiger charge is -2.39. The molecule has 0 bridgehead atoms. The van der Waals surface area contributed by atoms with E-state index in [1.54, 1.807) is 0 Å². The quantitative estimate of drug-likeness (QED) is 0.625. The molecule has 2 fully saturated rings. The molecule has 4 nitrogen and oxygen atoms in total.